The highest BCUT2D eigenvalue weighted by molar-refractivity contribution is 6.12. The summed E-state index contributed by atoms with van der Waals surface area (Å²) >= 11 is 0. The normalized spacial score (nSPS) is 13.1. The van der Waals surface area contributed by atoms with E-state index in [4.69, 9.17) is 5.73 Å². The molecule has 1 unspecified atom stereocenters. The molecule has 0 aliphatic rings. The number of rotatable bonds is 4. The zero-order valence-electron chi connectivity index (χ0n) is 7.66. The molecule has 1 atom stereocenters. The Morgan fingerprint density at radius 2 is 1.92 bits per heavy atom. The molecule has 0 saturated carbocycles. The van der Waals surface area contributed by atoms with Crippen molar-refractivity contribution >= 4 is 10.2 Å². The lowest BCUT2D eigenvalue weighted by Gasteiger charge is -2.09. The maximum absolute atomic E-state index is 5.47. The van der Waals surface area contributed by atoms with Crippen LogP contribution in [-0.2, 0) is 0 Å². The van der Waals surface area contributed by atoms with Gasteiger partial charge in [0.2, 0.25) is 0 Å². The van der Waals surface area contributed by atoms with Crippen LogP contribution in [0.1, 0.15) is 23.9 Å². The molecule has 0 aliphatic heterocycles. The topological polar surface area (TPSA) is 26.0 Å². The van der Waals surface area contributed by atoms with Gasteiger partial charge in [-0.25, -0.2) is 0 Å². The fourth-order valence-electron chi connectivity index (χ4n) is 1.37. The number of nitrogens with two attached hydrogens (primary N) is 1. The van der Waals surface area contributed by atoms with Crippen molar-refractivity contribution in [1.29, 1.82) is 0 Å². The first kappa shape index (κ1) is 9.48. The summed E-state index contributed by atoms with van der Waals surface area (Å²) in [5.41, 5.74) is 7.74. The van der Waals surface area contributed by atoms with Crippen LogP contribution < -0.4 is 5.73 Å². The van der Waals surface area contributed by atoms with Crippen LogP contribution in [0.25, 0.3) is 0 Å². The lowest BCUT2D eigenvalue weighted by atomic mass is 10.1. The first-order chi connectivity index (χ1) is 5.84. The van der Waals surface area contributed by atoms with Gasteiger partial charge in [-0.15, -0.1) is 0 Å². The van der Waals surface area contributed by atoms with E-state index in [9.17, 15) is 0 Å². The number of benzene rings is 1. The van der Waals surface area contributed by atoms with E-state index < -0.39 is 0 Å². The standard InChI is InChI=1S/C10H17NSi/c11-8-4-7-10(12)9-5-2-1-3-6-9/h1-3,5-6,10H,4,7-8,11H2,12H3. The van der Waals surface area contributed by atoms with Crippen LogP contribution in [0.15, 0.2) is 30.3 Å². The van der Waals surface area contributed by atoms with Crippen molar-refractivity contribution in [2.24, 2.45) is 5.73 Å². The van der Waals surface area contributed by atoms with Gasteiger partial charge in [-0.3, -0.25) is 0 Å². The maximum Gasteiger partial charge on any atom is 0.0123 e. The SMILES string of the molecule is NCCCC([SiH3])c1ccccc1. The van der Waals surface area contributed by atoms with E-state index in [-0.39, 0.29) is 0 Å². The molecule has 0 aliphatic carbocycles. The van der Waals surface area contributed by atoms with Gasteiger partial charge in [0.25, 0.3) is 0 Å². The third kappa shape index (κ3) is 2.79. The maximum atomic E-state index is 5.47. The van der Waals surface area contributed by atoms with E-state index >= 15 is 0 Å². The van der Waals surface area contributed by atoms with E-state index in [0.717, 1.165) is 18.5 Å². The summed E-state index contributed by atoms with van der Waals surface area (Å²) in [6, 6.07) is 10.7. The average Bonchev–Trinajstić information content (AvgIpc) is 2.15. The van der Waals surface area contributed by atoms with Gasteiger partial charge in [0.1, 0.15) is 0 Å². The largest absolute Gasteiger partial charge is 0.330 e. The summed E-state index contributed by atoms with van der Waals surface area (Å²) in [5, 5.41) is 0. The fourth-order valence-corrected chi connectivity index (χ4v) is 2.17. The van der Waals surface area contributed by atoms with Crippen LogP contribution in [0.2, 0.25) is 0 Å². The Morgan fingerprint density at radius 3 is 2.50 bits per heavy atom. The van der Waals surface area contributed by atoms with Crippen LogP contribution in [0.4, 0.5) is 0 Å². The molecule has 2 N–H and O–H groups in total. The Hall–Kier alpha value is -0.603. The quantitative estimate of drug-likeness (QED) is 0.681. The molecule has 0 fully saturated rings. The third-order valence-corrected chi connectivity index (χ3v) is 3.45. The van der Waals surface area contributed by atoms with Crippen molar-refractivity contribution in [1.82, 2.24) is 0 Å². The molecule has 12 heavy (non-hydrogen) atoms. The average molecular weight is 179 g/mol. The van der Waals surface area contributed by atoms with Crippen LogP contribution >= 0.6 is 0 Å². The van der Waals surface area contributed by atoms with Gasteiger partial charge >= 0.3 is 0 Å². The highest BCUT2D eigenvalue weighted by Gasteiger charge is 2.02. The molecule has 1 nitrogen and oxygen atoms in total. The van der Waals surface area contributed by atoms with Crippen molar-refractivity contribution in [3.05, 3.63) is 35.9 Å². The van der Waals surface area contributed by atoms with Crippen molar-refractivity contribution in [2.45, 2.75) is 18.4 Å². The van der Waals surface area contributed by atoms with Crippen LogP contribution in [0.3, 0.4) is 0 Å². The minimum atomic E-state index is 0.787. The molecular formula is C10H17NSi. The van der Waals surface area contributed by atoms with Gasteiger partial charge in [0, 0.05) is 10.2 Å². The zero-order valence-corrected chi connectivity index (χ0v) is 9.66. The monoisotopic (exact) mass is 179 g/mol. The van der Waals surface area contributed by atoms with Crippen molar-refractivity contribution in [3.8, 4) is 0 Å². The fraction of sp³-hybridized carbons (Fsp3) is 0.400. The van der Waals surface area contributed by atoms with Crippen molar-refractivity contribution in [2.75, 3.05) is 6.54 Å². The second kappa shape index (κ2) is 5.12. The zero-order chi connectivity index (χ0) is 8.81. The Balaban J connectivity index is 2.48. The van der Waals surface area contributed by atoms with Crippen molar-refractivity contribution in [3.63, 3.8) is 0 Å². The molecule has 66 valence electrons. The predicted octanol–water partition coefficient (Wildman–Crippen LogP) is 0.832. The highest BCUT2D eigenvalue weighted by Crippen LogP contribution is 2.16. The molecule has 0 bridgehead atoms. The summed E-state index contributed by atoms with van der Waals surface area (Å²) < 4.78 is 0. The number of hydrogen-bond acceptors (Lipinski definition) is 1. The molecule has 2 heteroatoms. The van der Waals surface area contributed by atoms with Gasteiger partial charge in [0.15, 0.2) is 0 Å². The first-order valence-electron chi connectivity index (χ1n) is 4.59. The van der Waals surface area contributed by atoms with E-state index in [0.29, 0.717) is 0 Å². The molecule has 0 radical (unpaired) electrons. The Labute approximate surface area is 77.4 Å². The molecule has 1 rings (SSSR count). The lowest BCUT2D eigenvalue weighted by molar-refractivity contribution is 0.725. The second-order valence-corrected chi connectivity index (χ2v) is 4.64. The van der Waals surface area contributed by atoms with Gasteiger partial charge in [0.05, 0.1) is 0 Å². The molecule has 1 aromatic carbocycles. The third-order valence-electron chi connectivity index (χ3n) is 2.21. The summed E-state index contributed by atoms with van der Waals surface area (Å²) in [5.74, 6) is 0. The summed E-state index contributed by atoms with van der Waals surface area (Å²) in [6.45, 7) is 0.825. The van der Waals surface area contributed by atoms with E-state index in [1.54, 1.807) is 0 Å². The molecule has 1 aromatic rings. The summed E-state index contributed by atoms with van der Waals surface area (Å²) in [6.07, 6.45) is 2.41. The lowest BCUT2D eigenvalue weighted by Crippen LogP contribution is -2.03. The molecule has 0 amide bonds. The van der Waals surface area contributed by atoms with Gasteiger partial charge in [-0.1, -0.05) is 30.3 Å². The minimum Gasteiger partial charge on any atom is -0.330 e. The minimum absolute atomic E-state index is 0.787. The van der Waals surface area contributed by atoms with E-state index in [1.165, 1.54) is 22.2 Å². The van der Waals surface area contributed by atoms with Crippen LogP contribution in [0, 0.1) is 0 Å². The molecule has 0 spiro atoms. The van der Waals surface area contributed by atoms with Crippen molar-refractivity contribution < 1.29 is 0 Å². The molecule has 0 aromatic heterocycles. The molecular weight excluding hydrogens is 162 g/mol. The van der Waals surface area contributed by atoms with Crippen LogP contribution in [0.5, 0.6) is 0 Å². The smallest absolute Gasteiger partial charge is 0.0123 e. The first-order valence-corrected chi connectivity index (χ1v) is 5.75. The Kier molecular flexibility index (Phi) is 4.04. The van der Waals surface area contributed by atoms with Gasteiger partial charge in [-0.05, 0) is 30.5 Å². The Bertz CT molecular complexity index is 210. The second-order valence-electron chi connectivity index (χ2n) is 3.24. The van der Waals surface area contributed by atoms with Gasteiger partial charge < -0.3 is 5.73 Å². The number of hydrogen-bond donors (Lipinski definition) is 1. The Morgan fingerprint density at radius 1 is 1.25 bits per heavy atom. The summed E-state index contributed by atoms with van der Waals surface area (Å²) in [4.78, 5) is 0. The van der Waals surface area contributed by atoms with E-state index in [2.05, 4.69) is 30.3 Å². The summed E-state index contributed by atoms with van der Waals surface area (Å²) in [7, 11) is 1.24. The molecule has 0 saturated heterocycles. The predicted molar refractivity (Wildman–Crippen MR) is 57.4 cm³/mol. The highest BCUT2D eigenvalue weighted by atomic mass is 28.1. The van der Waals surface area contributed by atoms with E-state index in [1.807, 2.05) is 0 Å². The van der Waals surface area contributed by atoms with Crippen LogP contribution in [-0.4, -0.2) is 16.8 Å². The molecule has 0 heterocycles. The van der Waals surface area contributed by atoms with Gasteiger partial charge in [-0.2, -0.15) is 0 Å².